The predicted octanol–water partition coefficient (Wildman–Crippen LogP) is 5.51. The molecule has 0 aliphatic heterocycles. The number of ether oxygens (including phenoxy) is 1. The van der Waals surface area contributed by atoms with Crippen LogP contribution in [0.15, 0.2) is 0 Å². The maximum Gasteiger partial charge on any atom is 0.353 e. The van der Waals surface area contributed by atoms with E-state index in [2.05, 4.69) is 0 Å². The first kappa shape index (κ1) is 38.9. The van der Waals surface area contributed by atoms with E-state index in [-0.39, 0.29) is 22.7 Å². The van der Waals surface area contributed by atoms with Gasteiger partial charge in [0.15, 0.2) is 15.5 Å². The molecule has 1 aliphatic carbocycles. The number of hydrogen-bond acceptors (Lipinski definition) is 10. The van der Waals surface area contributed by atoms with E-state index in [4.69, 9.17) is 11.2 Å². The molecule has 0 aromatic carbocycles. The quantitative estimate of drug-likeness (QED) is 0.0862. The lowest BCUT2D eigenvalue weighted by Gasteiger charge is -2.27. The molecule has 0 amide bonds. The summed E-state index contributed by atoms with van der Waals surface area (Å²) in [6, 6.07) is 0. The number of carbonyl (C=O) groups excluding carboxylic acids is 3. The van der Waals surface area contributed by atoms with Gasteiger partial charge in [0.25, 0.3) is 14.2 Å². The number of carbonyl (C=O) groups is 3. The Morgan fingerprint density at radius 3 is 2.05 bits per heavy atom. The first-order chi connectivity index (χ1) is 19.2. The van der Waals surface area contributed by atoms with E-state index >= 15 is 0 Å². The minimum Gasteiger partial charge on any atom is -0.457 e. The molecule has 242 valence electrons. The molecular formula is C28H46O10S4. The number of Topliss-reactive ketones (excluding diaryl/α,β-unsaturated/α-hetero) is 1. The average molecular weight is 671 g/mol. The molecule has 1 fully saturated rings. The second-order valence-corrected chi connectivity index (χ2v) is 18.1. The normalized spacial score (nSPS) is 18.7. The highest BCUT2D eigenvalue weighted by Crippen LogP contribution is 2.35. The minimum atomic E-state index is -4.95. The van der Waals surface area contributed by atoms with Crippen LogP contribution in [0.3, 0.4) is 0 Å². The third-order valence-electron chi connectivity index (χ3n) is 7.02. The summed E-state index contributed by atoms with van der Waals surface area (Å²) in [5.41, 5.74) is -0.998. The lowest BCUT2D eigenvalue weighted by atomic mass is 9.90. The zero-order valence-electron chi connectivity index (χ0n) is 25.2. The number of hydrogen-bond donors (Lipinski definition) is 2. The Morgan fingerprint density at radius 2 is 1.55 bits per heavy atom. The molecule has 2 N–H and O–H groups in total. The van der Waals surface area contributed by atoms with E-state index in [0.29, 0.717) is 55.6 Å². The van der Waals surface area contributed by atoms with Crippen LogP contribution >= 0.6 is 23.5 Å². The van der Waals surface area contributed by atoms with Gasteiger partial charge in [0, 0.05) is 11.8 Å². The van der Waals surface area contributed by atoms with Crippen molar-refractivity contribution in [1.29, 1.82) is 0 Å². The molecule has 0 aromatic rings. The molecule has 10 nitrogen and oxygen atoms in total. The molecule has 0 saturated heterocycles. The van der Waals surface area contributed by atoms with Gasteiger partial charge in [-0.05, 0) is 58.1 Å². The van der Waals surface area contributed by atoms with Gasteiger partial charge < -0.3 is 4.74 Å². The second kappa shape index (κ2) is 16.8. The van der Waals surface area contributed by atoms with E-state index in [0.717, 1.165) is 38.5 Å². The molecule has 0 spiro atoms. The lowest BCUT2D eigenvalue weighted by Crippen LogP contribution is -2.46. The summed E-state index contributed by atoms with van der Waals surface area (Å²) < 4.78 is 68.2. The summed E-state index contributed by atoms with van der Waals surface area (Å²) in [5, 5.41) is -0.355. The van der Waals surface area contributed by atoms with E-state index in [1.54, 1.807) is 27.7 Å². The highest BCUT2D eigenvalue weighted by molar-refractivity contribution is 8.22. The Bertz CT molecular complexity index is 1180. The molecule has 0 radical (unpaired) electrons. The van der Waals surface area contributed by atoms with Crippen LogP contribution < -0.4 is 0 Å². The largest absolute Gasteiger partial charge is 0.457 e. The highest BCUT2D eigenvalue weighted by Gasteiger charge is 2.52. The minimum absolute atomic E-state index is 0.0696. The van der Waals surface area contributed by atoms with Crippen LogP contribution in [0.2, 0.25) is 0 Å². The second-order valence-electron chi connectivity index (χ2n) is 12.1. The topological polar surface area (TPSA) is 169 Å². The molecule has 42 heavy (non-hydrogen) atoms. The summed E-state index contributed by atoms with van der Waals surface area (Å²) in [5.74, 6) is -0.661. The number of thioether (sulfide) groups is 2. The number of unbranched alkanes of at least 4 members (excludes halogenated alkanes) is 3. The Kier molecular flexibility index (Phi) is 15.6. The van der Waals surface area contributed by atoms with Gasteiger partial charge in [-0.1, -0.05) is 76.5 Å². The fourth-order valence-corrected chi connectivity index (χ4v) is 9.21. The summed E-state index contributed by atoms with van der Waals surface area (Å²) in [6.07, 6.45) is 13.4. The van der Waals surface area contributed by atoms with Gasteiger partial charge in [-0.25, -0.2) is 4.79 Å². The van der Waals surface area contributed by atoms with E-state index in [1.165, 1.54) is 0 Å². The summed E-state index contributed by atoms with van der Waals surface area (Å²) in [4.78, 5) is 38.1. The Hall–Kier alpha value is -1.11. The van der Waals surface area contributed by atoms with Crippen LogP contribution in [0.1, 0.15) is 105 Å². The van der Waals surface area contributed by atoms with E-state index in [1.807, 2.05) is 12.8 Å². The predicted molar refractivity (Wildman–Crippen MR) is 167 cm³/mol. The van der Waals surface area contributed by atoms with Gasteiger partial charge in [0.2, 0.25) is 0 Å². The van der Waals surface area contributed by atoms with Crippen molar-refractivity contribution in [2.24, 2.45) is 17.8 Å². The third kappa shape index (κ3) is 12.5. The Labute approximate surface area is 260 Å². The monoisotopic (exact) mass is 670 g/mol. The van der Waals surface area contributed by atoms with Crippen LogP contribution in [0.5, 0.6) is 0 Å². The van der Waals surface area contributed by atoms with Crippen molar-refractivity contribution < 1.29 is 45.1 Å². The molecular weight excluding hydrogens is 625 g/mol. The lowest BCUT2D eigenvalue weighted by molar-refractivity contribution is -0.154. The van der Waals surface area contributed by atoms with Crippen molar-refractivity contribution in [3.8, 4) is 12.3 Å². The average Bonchev–Trinajstić information content (AvgIpc) is 2.86. The molecule has 4 unspecified atom stereocenters. The van der Waals surface area contributed by atoms with Crippen molar-refractivity contribution in [2.45, 2.75) is 120 Å². The molecule has 1 rings (SSSR count). The molecule has 0 heterocycles. The van der Waals surface area contributed by atoms with Crippen LogP contribution in [0, 0.1) is 30.1 Å². The van der Waals surface area contributed by atoms with Crippen LogP contribution in [-0.4, -0.2) is 62.8 Å². The van der Waals surface area contributed by atoms with Crippen molar-refractivity contribution in [3.05, 3.63) is 0 Å². The van der Waals surface area contributed by atoms with Gasteiger partial charge in [0.1, 0.15) is 5.60 Å². The molecule has 1 aliphatic rings. The SMILES string of the molecule is C#CC(SCCCCCCC(C)CC(C)C(=O)C(SC(=O)C1CCCCC1)S(=O)(=O)O)(C(=O)OC(C)(C)C)S(=O)(=O)O. The zero-order valence-corrected chi connectivity index (χ0v) is 28.4. The van der Waals surface area contributed by atoms with Gasteiger partial charge in [-0.2, -0.15) is 16.8 Å². The maximum atomic E-state index is 13.0. The standard InChI is InChI=1S/C28H46O10S4/c1-7-28(42(35,36)37,26(31)38-27(4,5)6)39-18-14-9-8-11-15-20(2)19-21(3)23(29)25(41(32,33)34)40-24(30)22-16-12-10-13-17-22/h1,20-22,25H,8-19H2,2-6H3,(H,32,33,34)(H,35,36,37). The number of rotatable bonds is 17. The Morgan fingerprint density at radius 1 is 0.976 bits per heavy atom. The highest BCUT2D eigenvalue weighted by atomic mass is 32.3. The smallest absolute Gasteiger partial charge is 0.353 e. The van der Waals surface area contributed by atoms with Crippen molar-refractivity contribution in [3.63, 3.8) is 0 Å². The summed E-state index contributed by atoms with van der Waals surface area (Å²) >= 11 is 1.07. The summed E-state index contributed by atoms with van der Waals surface area (Å²) in [7, 11) is -9.70. The van der Waals surface area contributed by atoms with E-state index < -0.39 is 52.2 Å². The number of terminal acetylenes is 1. The van der Waals surface area contributed by atoms with E-state index in [9.17, 15) is 40.3 Å². The molecule has 1 saturated carbocycles. The number of esters is 1. The summed E-state index contributed by atoms with van der Waals surface area (Å²) in [6.45, 7) is 8.23. The molecule has 14 heteroatoms. The number of ketones is 1. The Balaban J connectivity index is 2.55. The van der Waals surface area contributed by atoms with Gasteiger partial charge in [0.05, 0.1) is 0 Å². The molecule has 0 aromatic heterocycles. The van der Waals surface area contributed by atoms with Crippen molar-refractivity contribution in [2.75, 3.05) is 5.75 Å². The van der Waals surface area contributed by atoms with Gasteiger partial charge in [-0.15, -0.1) is 18.2 Å². The van der Waals surface area contributed by atoms with Crippen molar-refractivity contribution in [1.82, 2.24) is 0 Å². The van der Waals surface area contributed by atoms with Crippen LogP contribution in [-0.2, 0) is 39.4 Å². The molecule has 4 atom stereocenters. The first-order valence-electron chi connectivity index (χ1n) is 14.3. The zero-order chi connectivity index (χ0) is 32.4. The third-order valence-corrected chi connectivity index (χ3v) is 13.0. The fraction of sp³-hybridized carbons (Fsp3) is 0.821. The molecule has 0 bridgehead atoms. The first-order valence-corrected chi connectivity index (χ1v) is 19.1. The fourth-order valence-electron chi connectivity index (χ4n) is 4.80. The van der Waals surface area contributed by atoms with Crippen molar-refractivity contribution >= 4 is 60.6 Å². The van der Waals surface area contributed by atoms with Gasteiger partial charge >= 0.3 is 16.1 Å². The maximum absolute atomic E-state index is 13.0. The van der Waals surface area contributed by atoms with Crippen LogP contribution in [0.25, 0.3) is 0 Å². The van der Waals surface area contributed by atoms with Crippen LogP contribution in [0.4, 0.5) is 0 Å². The van der Waals surface area contributed by atoms with Gasteiger partial charge in [-0.3, -0.25) is 18.7 Å².